The van der Waals surface area contributed by atoms with Crippen molar-refractivity contribution in [3.63, 3.8) is 0 Å². The van der Waals surface area contributed by atoms with Crippen LogP contribution in [0.3, 0.4) is 0 Å². The number of nitrogens with one attached hydrogen (secondary N) is 2. The molecule has 11 heteroatoms. The van der Waals surface area contributed by atoms with Crippen molar-refractivity contribution >= 4 is 34.8 Å². The molecule has 172 valence electrons. The molecular weight excluding hydrogens is 450 g/mol. The summed E-state index contributed by atoms with van der Waals surface area (Å²) in [4.78, 5) is 35.3. The standard InChI is InChI=1S/C22H22ClN5O5/c1-3-10-24-22(30)20-18(12-25-27(20)2)26-21(29)15-6-4-14(5-7-15)13-33-19-9-8-16(28(31)32)11-17(19)23/h4-9,11-12H,3,10,13H2,1-2H3,(H,24,30)(H,26,29). The van der Waals surface area contributed by atoms with Gasteiger partial charge in [-0.05, 0) is 30.2 Å². The first-order valence-corrected chi connectivity index (χ1v) is 10.4. The first-order valence-electron chi connectivity index (χ1n) is 10.1. The SMILES string of the molecule is CCCNC(=O)c1c(NC(=O)c2ccc(COc3ccc([N+](=O)[O-])cc3Cl)cc2)cnn1C. The van der Waals surface area contributed by atoms with Crippen molar-refractivity contribution in [3.8, 4) is 5.75 Å². The lowest BCUT2D eigenvalue weighted by atomic mass is 10.1. The number of carbonyl (C=O) groups excluding carboxylic acids is 2. The molecule has 2 N–H and O–H groups in total. The number of non-ortho nitro benzene ring substituents is 1. The quantitative estimate of drug-likeness (QED) is 0.359. The van der Waals surface area contributed by atoms with Gasteiger partial charge in [-0.3, -0.25) is 24.4 Å². The Bertz CT molecular complexity index is 1180. The summed E-state index contributed by atoms with van der Waals surface area (Å²) >= 11 is 6.03. The predicted octanol–water partition coefficient (Wildman–Crippen LogP) is 3.95. The second kappa shape index (κ2) is 10.6. The summed E-state index contributed by atoms with van der Waals surface area (Å²) in [5, 5.41) is 20.5. The average Bonchev–Trinajstić information content (AvgIpc) is 3.16. The van der Waals surface area contributed by atoms with Crippen molar-refractivity contribution in [2.24, 2.45) is 7.05 Å². The number of hydrogen-bond donors (Lipinski definition) is 2. The molecule has 2 aromatic carbocycles. The first kappa shape index (κ1) is 23.7. The molecule has 3 rings (SSSR count). The molecule has 33 heavy (non-hydrogen) atoms. The molecule has 0 radical (unpaired) electrons. The van der Waals surface area contributed by atoms with E-state index in [4.69, 9.17) is 16.3 Å². The van der Waals surface area contributed by atoms with Crippen LogP contribution in [-0.4, -0.2) is 33.1 Å². The number of carbonyl (C=O) groups is 2. The summed E-state index contributed by atoms with van der Waals surface area (Å²) in [6, 6.07) is 10.6. The van der Waals surface area contributed by atoms with Gasteiger partial charge in [0, 0.05) is 31.3 Å². The van der Waals surface area contributed by atoms with Gasteiger partial charge in [0.2, 0.25) is 0 Å². The lowest BCUT2D eigenvalue weighted by Gasteiger charge is -2.10. The second-order valence-corrected chi connectivity index (χ2v) is 7.51. The summed E-state index contributed by atoms with van der Waals surface area (Å²) in [6.45, 7) is 2.62. The summed E-state index contributed by atoms with van der Waals surface area (Å²) in [5.41, 5.74) is 1.61. The molecule has 10 nitrogen and oxygen atoms in total. The third kappa shape index (κ3) is 5.86. The second-order valence-electron chi connectivity index (χ2n) is 7.10. The molecule has 0 fully saturated rings. The molecule has 1 heterocycles. The van der Waals surface area contributed by atoms with Crippen LogP contribution in [0.4, 0.5) is 11.4 Å². The topological polar surface area (TPSA) is 128 Å². The van der Waals surface area contributed by atoms with E-state index in [1.165, 1.54) is 29.1 Å². The maximum Gasteiger partial charge on any atom is 0.271 e. The van der Waals surface area contributed by atoms with Gasteiger partial charge in [0.1, 0.15) is 18.1 Å². The predicted molar refractivity (Wildman–Crippen MR) is 123 cm³/mol. The Morgan fingerprint density at radius 3 is 2.55 bits per heavy atom. The van der Waals surface area contributed by atoms with E-state index in [1.807, 2.05) is 6.92 Å². The number of aromatic nitrogens is 2. The molecule has 0 spiro atoms. The van der Waals surface area contributed by atoms with Crippen LogP contribution in [-0.2, 0) is 13.7 Å². The van der Waals surface area contributed by atoms with Crippen LogP contribution in [0.1, 0.15) is 39.8 Å². The van der Waals surface area contributed by atoms with Gasteiger partial charge in [-0.2, -0.15) is 5.10 Å². The lowest BCUT2D eigenvalue weighted by Crippen LogP contribution is -2.27. The van der Waals surface area contributed by atoms with Crippen LogP contribution >= 0.6 is 11.6 Å². The molecule has 0 bridgehead atoms. The molecule has 0 atom stereocenters. The number of hydrogen-bond acceptors (Lipinski definition) is 6. The number of anilines is 1. The highest BCUT2D eigenvalue weighted by Crippen LogP contribution is 2.29. The monoisotopic (exact) mass is 471 g/mol. The van der Waals surface area contributed by atoms with Crippen molar-refractivity contribution in [2.75, 3.05) is 11.9 Å². The smallest absolute Gasteiger partial charge is 0.271 e. The highest BCUT2D eigenvalue weighted by atomic mass is 35.5. The largest absolute Gasteiger partial charge is 0.487 e. The fourth-order valence-electron chi connectivity index (χ4n) is 2.95. The van der Waals surface area contributed by atoms with Crippen LogP contribution in [0.15, 0.2) is 48.7 Å². The van der Waals surface area contributed by atoms with Gasteiger partial charge in [0.15, 0.2) is 0 Å². The minimum Gasteiger partial charge on any atom is -0.487 e. The molecule has 0 unspecified atom stereocenters. The van der Waals surface area contributed by atoms with E-state index in [1.54, 1.807) is 31.3 Å². The van der Waals surface area contributed by atoms with Crippen molar-refractivity contribution in [2.45, 2.75) is 20.0 Å². The summed E-state index contributed by atoms with van der Waals surface area (Å²) in [5.74, 6) is -0.391. The van der Waals surface area contributed by atoms with Crippen LogP contribution < -0.4 is 15.4 Å². The summed E-state index contributed by atoms with van der Waals surface area (Å²) < 4.78 is 7.03. The molecule has 0 aliphatic rings. The van der Waals surface area contributed by atoms with E-state index < -0.39 is 10.8 Å². The van der Waals surface area contributed by atoms with Crippen molar-refractivity contribution in [1.82, 2.24) is 15.1 Å². The third-order valence-electron chi connectivity index (χ3n) is 4.67. The van der Waals surface area contributed by atoms with Gasteiger partial charge in [0.05, 0.1) is 21.8 Å². The molecule has 2 amide bonds. The van der Waals surface area contributed by atoms with E-state index in [2.05, 4.69) is 15.7 Å². The van der Waals surface area contributed by atoms with Gasteiger partial charge in [-0.25, -0.2) is 0 Å². The zero-order chi connectivity index (χ0) is 24.0. The zero-order valence-electron chi connectivity index (χ0n) is 18.0. The number of nitro groups is 1. The van der Waals surface area contributed by atoms with Crippen molar-refractivity contribution in [3.05, 3.63) is 80.6 Å². The summed E-state index contributed by atoms with van der Waals surface area (Å²) in [6.07, 6.45) is 2.21. The third-order valence-corrected chi connectivity index (χ3v) is 4.97. The highest BCUT2D eigenvalue weighted by molar-refractivity contribution is 6.32. The Labute approximate surface area is 194 Å². The van der Waals surface area contributed by atoms with E-state index in [-0.39, 0.29) is 28.9 Å². The molecule has 0 aliphatic carbocycles. The molecule has 0 saturated carbocycles. The van der Waals surface area contributed by atoms with Gasteiger partial charge in [-0.15, -0.1) is 0 Å². The fraction of sp³-hybridized carbons (Fsp3) is 0.227. The Kier molecular flexibility index (Phi) is 7.62. The number of halogens is 1. The summed E-state index contributed by atoms with van der Waals surface area (Å²) in [7, 11) is 1.63. The molecular formula is C22H22ClN5O5. The highest BCUT2D eigenvalue weighted by Gasteiger charge is 2.19. The van der Waals surface area contributed by atoms with E-state index in [9.17, 15) is 19.7 Å². The minimum atomic E-state index is -0.536. The normalized spacial score (nSPS) is 10.5. The Morgan fingerprint density at radius 2 is 1.91 bits per heavy atom. The fourth-order valence-corrected chi connectivity index (χ4v) is 3.18. The number of aryl methyl sites for hydroxylation is 1. The molecule has 3 aromatic rings. The molecule has 0 aliphatic heterocycles. The van der Waals surface area contributed by atoms with Crippen LogP contribution in [0.2, 0.25) is 5.02 Å². The number of ether oxygens (including phenoxy) is 1. The van der Waals surface area contributed by atoms with Gasteiger partial charge < -0.3 is 15.4 Å². The number of rotatable bonds is 9. The number of nitrogens with zero attached hydrogens (tertiary/aromatic N) is 3. The van der Waals surface area contributed by atoms with Crippen molar-refractivity contribution in [1.29, 1.82) is 0 Å². The van der Waals surface area contributed by atoms with E-state index in [0.29, 0.717) is 23.5 Å². The molecule has 0 saturated heterocycles. The minimum absolute atomic E-state index is 0.123. The lowest BCUT2D eigenvalue weighted by molar-refractivity contribution is -0.384. The van der Waals surface area contributed by atoms with Gasteiger partial charge in [0.25, 0.3) is 17.5 Å². The Hall–Kier alpha value is -3.92. The van der Waals surface area contributed by atoms with Crippen molar-refractivity contribution < 1.29 is 19.2 Å². The molecule has 1 aromatic heterocycles. The van der Waals surface area contributed by atoms with E-state index in [0.717, 1.165) is 12.0 Å². The van der Waals surface area contributed by atoms with Gasteiger partial charge in [-0.1, -0.05) is 30.7 Å². The van der Waals surface area contributed by atoms with Crippen LogP contribution in [0.25, 0.3) is 0 Å². The number of nitro benzene ring substituents is 1. The maximum absolute atomic E-state index is 12.7. The average molecular weight is 472 g/mol. The first-order chi connectivity index (χ1) is 15.8. The van der Waals surface area contributed by atoms with Crippen LogP contribution in [0, 0.1) is 10.1 Å². The zero-order valence-corrected chi connectivity index (χ0v) is 18.8. The van der Waals surface area contributed by atoms with E-state index >= 15 is 0 Å². The Morgan fingerprint density at radius 1 is 1.18 bits per heavy atom. The van der Waals surface area contributed by atoms with Crippen LogP contribution in [0.5, 0.6) is 5.75 Å². The maximum atomic E-state index is 12.7. The number of benzene rings is 2. The number of amides is 2. The Balaban J connectivity index is 1.63. The van der Waals surface area contributed by atoms with Gasteiger partial charge >= 0.3 is 0 Å².